The number of aromatic nitrogens is 2. The van der Waals surface area contributed by atoms with Crippen molar-refractivity contribution < 1.29 is 18.3 Å². The van der Waals surface area contributed by atoms with E-state index in [4.69, 9.17) is 9.47 Å². The Morgan fingerprint density at radius 2 is 1.72 bits per heavy atom. The molecule has 0 bridgehead atoms. The Hall–Kier alpha value is -2.38. The van der Waals surface area contributed by atoms with Crippen LogP contribution in [0.5, 0.6) is 11.5 Å². The molecule has 1 aliphatic heterocycles. The molecular weight excluding hydrogens is 378 g/mol. The van der Waals surface area contributed by atoms with Crippen LogP contribution in [0.25, 0.3) is 10.9 Å². The number of hydrogen-bond donors (Lipinski definition) is 1. The molecule has 2 aromatic rings. The minimum atomic E-state index is -2.61. The molecule has 0 spiro atoms. The molecule has 6 nitrogen and oxygen atoms in total. The van der Waals surface area contributed by atoms with Gasteiger partial charge < -0.3 is 19.7 Å². The number of unbranched alkanes of at least 4 members (excludes halogenated alkanes) is 3. The fourth-order valence-electron chi connectivity index (χ4n) is 3.51. The van der Waals surface area contributed by atoms with E-state index in [2.05, 4.69) is 22.2 Å². The van der Waals surface area contributed by atoms with Crippen molar-refractivity contribution in [2.75, 3.05) is 44.1 Å². The lowest BCUT2D eigenvalue weighted by atomic mass is 10.1. The molecule has 160 valence electrons. The lowest BCUT2D eigenvalue weighted by Crippen LogP contribution is -2.40. The molecule has 0 unspecified atom stereocenters. The van der Waals surface area contributed by atoms with Crippen molar-refractivity contribution in [1.82, 2.24) is 9.97 Å². The van der Waals surface area contributed by atoms with Crippen LogP contribution < -0.4 is 19.7 Å². The maximum absolute atomic E-state index is 13.6. The number of nitrogens with one attached hydrogen (secondary N) is 1. The average Bonchev–Trinajstić information content (AvgIpc) is 2.72. The van der Waals surface area contributed by atoms with Crippen molar-refractivity contribution in [3.05, 3.63) is 12.1 Å². The second-order valence-corrected chi connectivity index (χ2v) is 7.43. The van der Waals surface area contributed by atoms with E-state index in [1.807, 2.05) is 11.0 Å². The fourth-order valence-corrected chi connectivity index (χ4v) is 3.51. The summed E-state index contributed by atoms with van der Waals surface area (Å²) in [6.07, 6.45) is 4.21. The molecule has 0 amide bonds. The number of benzene rings is 1. The van der Waals surface area contributed by atoms with Crippen LogP contribution in [0.4, 0.5) is 20.5 Å². The first-order chi connectivity index (χ1) is 14.0. The Labute approximate surface area is 170 Å². The predicted molar refractivity (Wildman–Crippen MR) is 112 cm³/mol. The third kappa shape index (κ3) is 5.16. The highest BCUT2D eigenvalue weighted by molar-refractivity contribution is 5.92. The minimum Gasteiger partial charge on any atom is -0.493 e. The Morgan fingerprint density at radius 3 is 2.38 bits per heavy atom. The minimum absolute atomic E-state index is 0.180. The number of hydrogen-bond acceptors (Lipinski definition) is 6. The zero-order valence-corrected chi connectivity index (χ0v) is 17.4. The largest absolute Gasteiger partial charge is 0.493 e. The van der Waals surface area contributed by atoms with E-state index in [9.17, 15) is 8.78 Å². The van der Waals surface area contributed by atoms with Crippen molar-refractivity contribution in [2.24, 2.45) is 0 Å². The summed E-state index contributed by atoms with van der Waals surface area (Å²) < 4.78 is 38.0. The van der Waals surface area contributed by atoms with Crippen LogP contribution >= 0.6 is 0 Å². The van der Waals surface area contributed by atoms with E-state index in [-0.39, 0.29) is 25.9 Å². The molecule has 3 rings (SSSR count). The summed E-state index contributed by atoms with van der Waals surface area (Å²) >= 11 is 0. The highest BCUT2D eigenvalue weighted by atomic mass is 19.3. The summed E-state index contributed by atoms with van der Waals surface area (Å²) in [5, 5.41) is 4.23. The fraction of sp³-hybridized carbons (Fsp3) is 0.619. The predicted octanol–water partition coefficient (Wildman–Crippen LogP) is 4.87. The molecule has 0 atom stereocenters. The van der Waals surface area contributed by atoms with Gasteiger partial charge in [0.2, 0.25) is 5.95 Å². The third-order valence-corrected chi connectivity index (χ3v) is 5.29. The summed E-state index contributed by atoms with van der Waals surface area (Å²) in [6.45, 7) is 3.45. The number of halogens is 2. The van der Waals surface area contributed by atoms with Crippen LogP contribution in [0.3, 0.4) is 0 Å². The molecule has 0 radical (unpaired) electrons. The summed E-state index contributed by atoms with van der Waals surface area (Å²) in [5.41, 5.74) is 0.695. The van der Waals surface area contributed by atoms with Gasteiger partial charge >= 0.3 is 0 Å². The lowest BCUT2D eigenvalue weighted by Gasteiger charge is -2.32. The number of nitrogens with zero attached hydrogens (tertiary/aromatic N) is 3. The first-order valence-electron chi connectivity index (χ1n) is 10.3. The Balaban J connectivity index is 1.92. The number of anilines is 2. The van der Waals surface area contributed by atoms with Crippen LogP contribution in [0.2, 0.25) is 0 Å². The van der Waals surface area contributed by atoms with Crippen molar-refractivity contribution in [3.63, 3.8) is 0 Å². The van der Waals surface area contributed by atoms with Crippen LogP contribution in [-0.2, 0) is 0 Å². The quantitative estimate of drug-likeness (QED) is 0.597. The van der Waals surface area contributed by atoms with Crippen molar-refractivity contribution in [3.8, 4) is 11.5 Å². The number of methoxy groups -OCH3 is 2. The highest BCUT2D eigenvalue weighted by Gasteiger charge is 2.35. The van der Waals surface area contributed by atoms with Gasteiger partial charge in [0, 0.05) is 43.9 Å². The van der Waals surface area contributed by atoms with Gasteiger partial charge in [-0.25, -0.2) is 13.8 Å². The van der Waals surface area contributed by atoms with Crippen LogP contribution in [0.15, 0.2) is 12.1 Å². The molecule has 1 fully saturated rings. The van der Waals surface area contributed by atoms with E-state index >= 15 is 0 Å². The Bertz CT molecular complexity index is 822. The SMILES string of the molecule is CCCCCCNc1nc(N2CCC(F)(F)CC2)nc2cc(OC)c(OC)cc12. The van der Waals surface area contributed by atoms with Gasteiger partial charge in [-0.3, -0.25) is 0 Å². The number of alkyl halides is 2. The van der Waals surface area contributed by atoms with Crippen molar-refractivity contribution in [1.29, 1.82) is 0 Å². The summed E-state index contributed by atoms with van der Waals surface area (Å²) in [4.78, 5) is 11.2. The molecule has 1 saturated heterocycles. The van der Waals surface area contributed by atoms with Gasteiger partial charge in [-0.1, -0.05) is 26.2 Å². The van der Waals surface area contributed by atoms with E-state index in [1.54, 1.807) is 20.3 Å². The van der Waals surface area contributed by atoms with Crippen molar-refractivity contribution >= 4 is 22.7 Å². The zero-order valence-electron chi connectivity index (χ0n) is 17.4. The number of fused-ring (bicyclic) bond motifs is 1. The van der Waals surface area contributed by atoms with Crippen LogP contribution in [0.1, 0.15) is 45.4 Å². The molecule has 1 aliphatic rings. The second-order valence-electron chi connectivity index (χ2n) is 7.43. The van der Waals surface area contributed by atoms with E-state index in [0.29, 0.717) is 28.8 Å². The summed E-state index contributed by atoms with van der Waals surface area (Å²) in [6, 6.07) is 3.66. The standard InChI is InChI=1S/C21H30F2N4O2/c1-4-5-6-7-10-24-19-15-13-17(28-2)18(29-3)14-16(15)25-20(26-19)27-11-8-21(22,23)9-12-27/h13-14H,4-12H2,1-3H3,(H,24,25,26). The normalized spacial score (nSPS) is 16.1. The van der Waals surface area contributed by atoms with Crippen LogP contribution in [0, 0.1) is 0 Å². The van der Waals surface area contributed by atoms with Crippen LogP contribution in [-0.4, -0.2) is 49.7 Å². The highest BCUT2D eigenvalue weighted by Crippen LogP contribution is 2.36. The lowest BCUT2D eigenvalue weighted by molar-refractivity contribution is -0.0222. The molecule has 2 heterocycles. The van der Waals surface area contributed by atoms with Crippen molar-refractivity contribution in [2.45, 2.75) is 51.4 Å². The first kappa shape index (κ1) is 21.3. The van der Waals surface area contributed by atoms with Gasteiger partial charge in [0.25, 0.3) is 5.92 Å². The van der Waals surface area contributed by atoms with Gasteiger partial charge in [0.15, 0.2) is 11.5 Å². The number of piperidine rings is 1. The average molecular weight is 408 g/mol. The Morgan fingerprint density at radius 1 is 1.03 bits per heavy atom. The molecule has 0 aliphatic carbocycles. The van der Waals surface area contributed by atoms with E-state index in [1.165, 1.54) is 12.8 Å². The number of ether oxygens (including phenoxy) is 2. The van der Waals surface area contributed by atoms with Gasteiger partial charge in [0.05, 0.1) is 19.7 Å². The molecule has 0 saturated carbocycles. The van der Waals surface area contributed by atoms with Gasteiger partial charge in [0.1, 0.15) is 5.82 Å². The molecular formula is C21H30F2N4O2. The topological polar surface area (TPSA) is 59.5 Å². The maximum Gasteiger partial charge on any atom is 0.251 e. The van der Waals surface area contributed by atoms with Gasteiger partial charge in [-0.15, -0.1) is 0 Å². The van der Waals surface area contributed by atoms with Gasteiger partial charge in [-0.2, -0.15) is 4.98 Å². The smallest absolute Gasteiger partial charge is 0.251 e. The first-order valence-corrected chi connectivity index (χ1v) is 10.3. The zero-order chi connectivity index (χ0) is 20.9. The Kier molecular flexibility index (Phi) is 6.92. The molecule has 8 heteroatoms. The monoisotopic (exact) mass is 408 g/mol. The number of rotatable bonds is 9. The third-order valence-electron chi connectivity index (χ3n) is 5.29. The summed E-state index contributed by atoms with van der Waals surface area (Å²) in [5.74, 6) is -0.271. The van der Waals surface area contributed by atoms with E-state index < -0.39 is 5.92 Å². The molecule has 29 heavy (non-hydrogen) atoms. The molecule has 1 aromatic heterocycles. The second kappa shape index (κ2) is 9.41. The van der Waals surface area contributed by atoms with E-state index in [0.717, 1.165) is 24.8 Å². The molecule has 1 aromatic carbocycles. The summed E-state index contributed by atoms with van der Waals surface area (Å²) in [7, 11) is 3.16. The molecule has 1 N–H and O–H groups in total. The van der Waals surface area contributed by atoms with Gasteiger partial charge in [-0.05, 0) is 12.5 Å². The maximum atomic E-state index is 13.6.